The van der Waals surface area contributed by atoms with Gasteiger partial charge >= 0.3 is 39.5 Å². The second-order valence-electron chi connectivity index (χ2n) is 25.6. The van der Waals surface area contributed by atoms with Gasteiger partial charge in [-0.05, 0) is 89.9 Å². The van der Waals surface area contributed by atoms with Crippen LogP contribution in [0.25, 0.3) is 0 Å². The van der Waals surface area contributed by atoms with Crippen LogP contribution in [0, 0.1) is 0 Å². The molecule has 0 aliphatic rings. The van der Waals surface area contributed by atoms with Crippen molar-refractivity contribution in [2.45, 2.75) is 341 Å². The van der Waals surface area contributed by atoms with Crippen LogP contribution in [0.4, 0.5) is 0 Å². The van der Waals surface area contributed by atoms with Crippen LogP contribution in [0.1, 0.15) is 323 Å². The Balaban J connectivity index is 5.35. The lowest BCUT2D eigenvalue weighted by Crippen LogP contribution is -2.30. The van der Waals surface area contributed by atoms with Gasteiger partial charge in [-0.25, -0.2) is 9.13 Å². The van der Waals surface area contributed by atoms with Crippen molar-refractivity contribution < 1.29 is 80.2 Å². The third kappa shape index (κ3) is 70.4. The average Bonchev–Trinajstić information content (AvgIpc) is 1.00. The molecule has 19 heteroatoms. The molecule has 0 aliphatic heterocycles. The van der Waals surface area contributed by atoms with Gasteiger partial charge in [0.25, 0.3) is 0 Å². The van der Waals surface area contributed by atoms with Gasteiger partial charge in [-0.2, -0.15) is 0 Å². The predicted octanol–water partition coefficient (Wildman–Crippen LogP) is 22.0. The van der Waals surface area contributed by atoms with Gasteiger partial charge in [-0.1, -0.05) is 305 Å². The van der Waals surface area contributed by atoms with Gasteiger partial charge in [0.2, 0.25) is 0 Å². The molecule has 0 aromatic rings. The van der Waals surface area contributed by atoms with Gasteiger partial charge in [-0.3, -0.25) is 37.3 Å². The van der Waals surface area contributed by atoms with Crippen LogP contribution in [0.15, 0.2) is 97.2 Å². The molecule has 0 heterocycles. The molecule has 5 unspecified atom stereocenters. The summed E-state index contributed by atoms with van der Waals surface area (Å²) in [7, 11) is -9.96. The van der Waals surface area contributed by atoms with Crippen molar-refractivity contribution in [3.8, 4) is 0 Å². The first-order chi connectivity index (χ1) is 47.7. The zero-order valence-corrected chi connectivity index (χ0v) is 63.5. The largest absolute Gasteiger partial charge is 0.472 e. The number of ether oxygens (including phenoxy) is 4. The lowest BCUT2D eigenvalue weighted by atomic mass is 10.0. The Labute approximate surface area is 595 Å². The molecule has 0 rings (SSSR count). The van der Waals surface area contributed by atoms with Gasteiger partial charge in [0.15, 0.2) is 12.2 Å². The molecule has 0 saturated carbocycles. The van der Waals surface area contributed by atoms with E-state index in [0.717, 1.165) is 128 Å². The number of esters is 4. The SMILES string of the molecule is CC/C=C\C/C=C\C/C=C\C/C=C\C/C=C\C/C=C\CCC(=O)OCC(COP(=O)(O)OCC(O)COP(=O)(O)OCC(COC(=O)CCCCCCCCCCCCCCCCC)OC(=O)CCCCCCC/C=C\C/C=C\CCC)OC(=O)CCCCCCCCCCCCC. The summed E-state index contributed by atoms with van der Waals surface area (Å²) in [4.78, 5) is 72.8. The van der Waals surface area contributed by atoms with E-state index in [1.54, 1.807) is 0 Å². The van der Waals surface area contributed by atoms with E-state index in [-0.39, 0.29) is 25.7 Å². The van der Waals surface area contributed by atoms with E-state index in [4.69, 9.17) is 37.0 Å². The Kier molecular flexibility index (Phi) is 68.4. The quantitative estimate of drug-likeness (QED) is 0.0169. The van der Waals surface area contributed by atoms with E-state index in [1.165, 1.54) is 109 Å². The van der Waals surface area contributed by atoms with E-state index < -0.39 is 97.5 Å². The highest BCUT2D eigenvalue weighted by molar-refractivity contribution is 7.47. The Hall–Kier alpha value is -4.02. The molecule has 0 aromatic carbocycles. The Morgan fingerprint density at radius 3 is 0.918 bits per heavy atom. The van der Waals surface area contributed by atoms with Crippen molar-refractivity contribution in [2.75, 3.05) is 39.6 Å². The van der Waals surface area contributed by atoms with Gasteiger partial charge in [0.1, 0.15) is 19.3 Å². The molecule has 0 aliphatic carbocycles. The first-order valence-electron chi connectivity index (χ1n) is 38.5. The first kappa shape index (κ1) is 94.0. The minimum atomic E-state index is -4.98. The fourth-order valence-electron chi connectivity index (χ4n) is 10.2. The molecule has 17 nitrogen and oxygen atoms in total. The lowest BCUT2D eigenvalue weighted by molar-refractivity contribution is -0.161. The van der Waals surface area contributed by atoms with Crippen molar-refractivity contribution in [1.82, 2.24) is 0 Å². The number of allylic oxidation sites excluding steroid dienone is 16. The fraction of sp³-hybridized carbons (Fsp3) is 0.747. The van der Waals surface area contributed by atoms with Crippen molar-refractivity contribution >= 4 is 39.5 Å². The summed E-state index contributed by atoms with van der Waals surface area (Å²) < 4.78 is 68.4. The Bertz CT molecular complexity index is 2240. The number of phosphoric acid groups is 2. The highest BCUT2D eigenvalue weighted by Crippen LogP contribution is 2.45. The lowest BCUT2D eigenvalue weighted by Gasteiger charge is -2.21. The topological polar surface area (TPSA) is 237 Å². The van der Waals surface area contributed by atoms with Gasteiger partial charge < -0.3 is 33.8 Å². The van der Waals surface area contributed by atoms with Gasteiger partial charge in [0, 0.05) is 25.7 Å². The van der Waals surface area contributed by atoms with Crippen LogP contribution in [0.2, 0.25) is 0 Å². The van der Waals surface area contributed by atoms with E-state index in [1.807, 2.05) is 18.2 Å². The summed E-state index contributed by atoms with van der Waals surface area (Å²) in [5.41, 5.74) is 0. The monoisotopic (exact) mass is 1420 g/mol. The maximum absolute atomic E-state index is 13.1. The molecule has 0 bridgehead atoms. The smallest absolute Gasteiger partial charge is 0.462 e. The molecule has 0 saturated heterocycles. The van der Waals surface area contributed by atoms with E-state index in [9.17, 15) is 43.2 Å². The number of aliphatic hydroxyl groups excluding tert-OH is 1. The van der Waals surface area contributed by atoms with Crippen molar-refractivity contribution in [2.24, 2.45) is 0 Å². The molecule has 566 valence electrons. The zero-order valence-electron chi connectivity index (χ0n) is 61.7. The molecule has 0 radical (unpaired) electrons. The van der Waals surface area contributed by atoms with Crippen LogP contribution in [0.3, 0.4) is 0 Å². The van der Waals surface area contributed by atoms with E-state index in [0.29, 0.717) is 32.1 Å². The Morgan fingerprint density at radius 2 is 0.571 bits per heavy atom. The maximum Gasteiger partial charge on any atom is 0.472 e. The summed E-state index contributed by atoms with van der Waals surface area (Å²) in [6.45, 7) is 4.62. The second-order valence-corrected chi connectivity index (χ2v) is 28.5. The number of aliphatic hydroxyl groups is 1. The summed E-state index contributed by atoms with van der Waals surface area (Å²) in [6, 6.07) is 0. The third-order valence-electron chi connectivity index (χ3n) is 16.1. The molecular formula is C79H138O17P2. The van der Waals surface area contributed by atoms with Crippen LogP contribution >= 0.6 is 15.6 Å². The highest BCUT2D eigenvalue weighted by Gasteiger charge is 2.30. The molecule has 3 N–H and O–H groups in total. The van der Waals surface area contributed by atoms with Gasteiger partial charge in [-0.15, -0.1) is 0 Å². The van der Waals surface area contributed by atoms with Crippen LogP contribution in [-0.4, -0.2) is 96.7 Å². The number of unbranched alkanes of at least 4 members (excludes halogenated alkanes) is 30. The summed E-state index contributed by atoms with van der Waals surface area (Å²) in [6.07, 6.45) is 74.2. The van der Waals surface area contributed by atoms with E-state index in [2.05, 4.69) is 107 Å². The fourth-order valence-corrected chi connectivity index (χ4v) is 11.8. The Morgan fingerprint density at radius 1 is 0.296 bits per heavy atom. The summed E-state index contributed by atoms with van der Waals surface area (Å²) in [5.74, 6) is -2.27. The highest BCUT2D eigenvalue weighted by atomic mass is 31.2. The molecular weight excluding hydrogens is 1280 g/mol. The van der Waals surface area contributed by atoms with Crippen molar-refractivity contribution in [1.29, 1.82) is 0 Å². The van der Waals surface area contributed by atoms with Crippen molar-refractivity contribution in [3.63, 3.8) is 0 Å². The number of carbonyl (C=O) groups excluding carboxylic acids is 4. The third-order valence-corrected chi connectivity index (χ3v) is 18.0. The maximum atomic E-state index is 13.1. The van der Waals surface area contributed by atoms with Crippen LogP contribution < -0.4 is 0 Å². The summed E-state index contributed by atoms with van der Waals surface area (Å²) in [5, 5.41) is 10.6. The molecule has 5 atom stereocenters. The minimum Gasteiger partial charge on any atom is -0.462 e. The predicted molar refractivity (Wildman–Crippen MR) is 399 cm³/mol. The number of carbonyl (C=O) groups is 4. The molecule has 0 fully saturated rings. The van der Waals surface area contributed by atoms with Crippen LogP contribution in [0.5, 0.6) is 0 Å². The molecule has 0 spiro atoms. The van der Waals surface area contributed by atoms with Gasteiger partial charge in [0.05, 0.1) is 26.4 Å². The normalized spacial score (nSPS) is 14.5. The summed E-state index contributed by atoms with van der Waals surface area (Å²) >= 11 is 0. The molecule has 98 heavy (non-hydrogen) atoms. The molecule has 0 amide bonds. The average molecular weight is 1420 g/mol. The molecule has 0 aromatic heterocycles. The first-order valence-corrected chi connectivity index (χ1v) is 41.5. The van der Waals surface area contributed by atoms with E-state index >= 15 is 0 Å². The number of hydrogen-bond acceptors (Lipinski definition) is 15. The standard InChI is InChI=1S/C79H138O17P2/c1-5-9-13-17-21-25-29-32-34-35-36-37-39-42-45-48-52-56-60-64-77(82)89-69-74(95-78(83)65-61-57-53-49-43-28-24-20-16-12-8-4)71-93-97(85,86)91-67-73(80)68-92-98(87,88)94-72-75(96-79(84)66-62-58-54-50-46-40-31-27-23-19-15-11-7-3)70-90-76(81)63-59-55-51-47-44-41-38-33-30-26-22-18-14-10-6-2/h9,13,15,19,21,25,27,31-32,34,36-37,42,45,52,56,73-75,80H,5-8,10-12,14,16-18,20,22-24,26,28-30,33,35,38-41,43-44,46-51,53-55,57-72H2,1-4H3,(H,85,86)(H,87,88)/b13-9-,19-15-,25-21-,31-27-,34-32-,37-36-,45-42-,56-52-. The van der Waals surface area contributed by atoms with Crippen LogP contribution in [-0.2, 0) is 65.4 Å². The number of rotatable bonds is 72. The number of hydrogen-bond donors (Lipinski definition) is 3. The van der Waals surface area contributed by atoms with Crippen molar-refractivity contribution in [3.05, 3.63) is 97.2 Å². The number of phosphoric ester groups is 2. The zero-order chi connectivity index (χ0) is 71.8. The second kappa shape index (κ2) is 71.4. The minimum absolute atomic E-state index is 0.0377.